The first-order chi connectivity index (χ1) is 28.2. The number of aromatic nitrogens is 3. The second-order valence-electron chi connectivity index (χ2n) is 14.4. The molecule has 11 aromatic rings. The van der Waals surface area contributed by atoms with Crippen LogP contribution in [0.1, 0.15) is 0 Å². The first-order valence-corrected chi connectivity index (χ1v) is 19.2. The van der Waals surface area contributed by atoms with Gasteiger partial charge < -0.3 is 4.42 Å². The number of furan rings is 1. The summed E-state index contributed by atoms with van der Waals surface area (Å²) in [5.41, 5.74) is 11.3. The molecule has 0 aliphatic carbocycles. The highest BCUT2D eigenvalue weighted by Gasteiger charge is 2.19. The van der Waals surface area contributed by atoms with Crippen molar-refractivity contribution < 1.29 is 4.42 Å². The minimum atomic E-state index is 0.619. The fraction of sp³-hybridized carbons (Fsp3) is 0. The molecular formula is C53H33N3O. The number of rotatable bonds is 6. The highest BCUT2D eigenvalue weighted by molar-refractivity contribution is 6.18. The number of fused-ring (bicyclic) bond motifs is 5. The lowest BCUT2D eigenvalue weighted by atomic mass is 9.93. The fourth-order valence-electron chi connectivity index (χ4n) is 7.98. The molecule has 0 saturated heterocycles. The summed E-state index contributed by atoms with van der Waals surface area (Å²) in [6, 6.07) is 70.0. The van der Waals surface area contributed by atoms with Crippen molar-refractivity contribution in [3.8, 4) is 67.5 Å². The van der Waals surface area contributed by atoms with Crippen molar-refractivity contribution in [3.63, 3.8) is 0 Å². The summed E-state index contributed by atoms with van der Waals surface area (Å²) in [5.74, 6) is 1.89. The lowest BCUT2D eigenvalue weighted by molar-refractivity contribution is 0.670. The van der Waals surface area contributed by atoms with Crippen LogP contribution in [0.3, 0.4) is 0 Å². The first kappa shape index (κ1) is 32.7. The van der Waals surface area contributed by atoms with Gasteiger partial charge in [0.1, 0.15) is 11.2 Å². The van der Waals surface area contributed by atoms with Gasteiger partial charge >= 0.3 is 0 Å². The van der Waals surface area contributed by atoms with Crippen molar-refractivity contribution in [1.29, 1.82) is 0 Å². The van der Waals surface area contributed by atoms with Crippen LogP contribution in [0, 0.1) is 0 Å². The normalized spacial score (nSPS) is 11.5. The Labute approximate surface area is 329 Å². The molecule has 266 valence electrons. The minimum Gasteiger partial charge on any atom is -0.455 e. The second kappa shape index (κ2) is 13.6. The van der Waals surface area contributed by atoms with Crippen LogP contribution in [-0.4, -0.2) is 15.0 Å². The lowest BCUT2D eigenvalue weighted by Crippen LogP contribution is -2.00. The van der Waals surface area contributed by atoms with Crippen molar-refractivity contribution in [2.24, 2.45) is 0 Å². The molecule has 0 aliphatic heterocycles. The molecule has 0 N–H and O–H groups in total. The minimum absolute atomic E-state index is 0.619. The standard InChI is InChI=1S/C53H33N3O/c1-3-11-34(12-4-1)36-19-22-37(23-20-36)45-29-30-46(50-49(45)47-32-42-17-9-10-18-43(42)33-48(47)57-50)38-24-26-40(27-25-38)52-54-51(39-14-5-2-6-15-39)55-53(56-52)44-28-21-35-13-7-8-16-41(35)31-44/h1-33H. The van der Waals surface area contributed by atoms with Crippen LogP contribution in [0.4, 0.5) is 0 Å². The molecule has 0 spiro atoms. The van der Waals surface area contributed by atoms with Crippen molar-refractivity contribution in [2.75, 3.05) is 0 Å². The molecule has 0 amide bonds. The molecule has 0 radical (unpaired) electrons. The van der Waals surface area contributed by atoms with E-state index in [2.05, 4.69) is 170 Å². The largest absolute Gasteiger partial charge is 0.455 e. The summed E-state index contributed by atoms with van der Waals surface area (Å²) in [6.45, 7) is 0. The lowest BCUT2D eigenvalue weighted by Gasteiger charge is -2.11. The van der Waals surface area contributed by atoms with Gasteiger partial charge in [0, 0.05) is 33.0 Å². The molecule has 2 heterocycles. The highest BCUT2D eigenvalue weighted by atomic mass is 16.3. The zero-order chi connectivity index (χ0) is 37.7. The Balaban J connectivity index is 1.03. The van der Waals surface area contributed by atoms with Crippen molar-refractivity contribution in [1.82, 2.24) is 15.0 Å². The van der Waals surface area contributed by atoms with Crippen LogP contribution in [0.25, 0.3) is 111 Å². The molecule has 4 nitrogen and oxygen atoms in total. The molecule has 4 heteroatoms. The van der Waals surface area contributed by atoms with E-state index in [4.69, 9.17) is 19.4 Å². The molecule has 0 unspecified atom stereocenters. The quantitative estimate of drug-likeness (QED) is 0.171. The van der Waals surface area contributed by atoms with Crippen LogP contribution in [0.15, 0.2) is 205 Å². The molecule has 11 rings (SSSR count). The first-order valence-electron chi connectivity index (χ1n) is 19.2. The van der Waals surface area contributed by atoms with E-state index in [9.17, 15) is 0 Å². The Morgan fingerprint density at radius 2 is 0.737 bits per heavy atom. The predicted molar refractivity (Wildman–Crippen MR) is 235 cm³/mol. The molecule has 2 aromatic heterocycles. The summed E-state index contributed by atoms with van der Waals surface area (Å²) in [7, 11) is 0. The van der Waals surface area contributed by atoms with E-state index < -0.39 is 0 Å². The Morgan fingerprint density at radius 1 is 0.298 bits per heavy atom. The van der Waals surface area contributed by atoms with E-state index in [1.54, 1.807) is 0 Å². The molecule has 0 saturated carbocycles. The van der Waals surface area contributed by atoms with E-state index in [-0.39, 0.29) is 0 Å². The van der Waals surface area contributed by atoms with Crippen molar-refractivity contribution >= 4 is 43.5 Å². The monoisotopic (exact) mass is 727 g/mol. The molecular weight excluding hydrogens is 695 g/mol. The number of hydrogen-bond acceptors (Lipinski definition) is 4. The summed E-state index contributed by atoms with van der Waals surface area (Å²) in [5, 5.41) is 6.86. The molecule has 0 atom stereocenters. The predicted octanol–water partition coefficient (Wildman–Crippen LogP) is 14.1. The van der Waals surface area contributed by atoms with Gasteiger partial charge in [0.15, 0.2) is 17.5 Å². The second-order valence-corrected chi connectivity index (χ2v) is 14.4. The maximum Gasteiger partial charge on any atom is 0.164 e. The van der Waals surface area contributed by atoms with Gasteiger partial charge in [0.25, 0.3) is 0 Å². The van der Waals surface area contributed by atoms with Gasteiger partial charge in [-0.05, 0) is 73.6 Å². The van der Waals surface area contributed by atoms with Crippen molar-refractivity contribution in [3.05, 3.63) is 200 Å². The zero-order valence-electron chi connectivity index (χ0n) is 30.8. The van der Waals surface area contributed by atoms with Gasteiger partial charge in [-0.25, -0.2) is 15.0 Å². The molecule has 0 aliphatic rings. The van der Waals surface area contributed by atoms with Crippen LogP contribution >= 0.6 is 0 Å². The molecule has 57 heavy (non-hydrogen) atoms. The third kappa shape index (κ3) is 5.92. The molecule has 0 bridgehead atoms. The summed E-state index contributed by atoms with van der Waals surface area (Å²) in [4.78, 5) is 15.0. The van der Waals surface area contributed by atoms with Gasteiger partial charge in [-0.15, -0.1) is 0 Å². The van der Waals surface area contributed by atoms with Crippen LogP contribution in [-0.2, 0) is 0 Å². The van der Waals surface area contributed by atoms with Gasteiger partial charge in [0.05, 0.1) is 0 Å². The molecule has 0 fully saturated rings. The van der Waals surface area contributed by atoms with E-state index in [0.29, 0.717) is 17.5 Å². The Kier molecular flexibility index (Phi) is 7.78. The third-order valence-electron chi connectivity index (χ3n) is 10.9. The summed E-state index contributed by atoms with van der Waals surface area (Å²) in [6.07, 6.45) is 0. The van der Waals surface area contributed by atoms with E-state index in [1.807, 2.05) is 30.3 Å². The average Bonchev–Trinajstić information content (AvgIpc) is 3.66. The summed E-state index contributed by atoms with van der Waals surface area (Å²) >= 11 is 0. The maximum atomic E-state index is 6.84. The van der Waals surface area contributed by atoms with Crippen LogP contribution in [0.5, 0.6) is 0 Å². The molecule has 9 aromatic carbocycles. The average molecular weight is 728 g/mol. The van der Waals surface area contributed by atoms with E-state index in [1.165, 1.54) is 21.9 Å². The SMILES string of the molecule is c1ccc(-c2ccc(-c3ccc(-c4ccc(-c5nc(-c6ccccc6)nc(-c6ccc7ccccc7c6)n5)cc4)c4oc5cc6ccccc6cc5c34)cc2)cc1. The van der Waals surface area contributed by atoms with Crippen LogP contribution in [0.2, 0.25) is 0 Å². The van der Waals surface area contributed by atoms with Gasteiger partial charge in [-0.2, -0.15) is 0 Å². The highest BCUT2D eigenvalue weighted by Crippen LogP contribution is 2.43. The smallest absolute Gasteiger partial charge is 0.164 e. The van der Waals surface area contributed by atoms with E-state index >= 15 is 0 Å². The van der Waals surface area contributed by atoms with Crippen molar-refractivity contribution in [2.45, 2.75) is 0 Å². The zero-order valence-corrected chi connectivity index (χ0v) is 30.8. The van der Waals surface area contributed by atoms with Gasteiger partial charge in [0.2, 0.25) is 0 Å². The van der Waals surface area contributed by atoms with Gasteiger partial charge in [-0.3, -0.25) is 0 Å². The Hall–Kier alpha value is -7.69. The number of hydrogen-bond donors (Lipinski definition) is 0. The fourth-order valence-corrected chi connectivity index (χ4v) is 7.98. The number of benzene rings is 9. The van der Waals surface area contributed by atoms with E-state index in [0.717, 1.165) is 71.7 Å². The van der Waals surface area contributed by atoms with Gasteiger partial charge in [-0.1, -0.05) is 176 Å². The summed E-state index contributed by atoms with van der Waals surface area (Å²) < 4.78 is 6.84. The topological polar surface area (TPSA) is 51.8 Å². The third-order valence-corrected chi connectivity index (χ3v) is 10.9. The maximum absolute atomic E-state index is 6.84. The Morgan fingerprint density at radius 3 is 1.40 bits per heavy atom. The number of nitrogens with zero attached hydrogens (tertiary/aromatic N) is 3. The van der Waals surface area contributed by atoms with Crippen LogP contribution < -0.4 is 0 Å². The Bertz CT molecular complexity index is 3260.